The van der Waals surface area contributed by atoms with Crippen LogP contribution in [0.4, 0.5) is 0 Å². The fraction of sp³-hybridized carbons (Fsp3) is 1.00. The van der Waals surface area contributed by atoms with Crippen LogP contribution in [0.3, 0.4) is 0 Å². The Labute approximate surface area is 107 Å². The third-order valence-corrected chi connectivity index (χ3v) is 4.24. The van der Waals surface area contributed by atoms with Gasteiger partial charge < -0.3 is 9.80 Å². The quantitative estimate of drug-likeness (QED) is 0.733. The molecule has 3 heteroatoms. The van der Waals surface area contributed by atoms with Gasteiger partial charge in [-0.25, -0.2) is 0 Å². The third kappa shape index (κ3) is 3.67. The summed E-state index contributed by atoms with van der Waals surface area (Å²) >= 11 is 0. The molecule has 2 fully saturated rings. The fourth-order valence-corrected chi connectivity index (χ4v) is 3.24. The van der Waals surface area contributed by atoms with Crippen LogP contribution in [0.25, 0.3) is 0 Å². The minimum Gasteiger partial charge on any atom is -0.301 e. The van der Waals surface area contributed by atoms with Gasteiger partial charge in [-0.15, -0.1) is 0 Å². The molecule has 0 aliphatic carbocycles. The van der Waals surface area contributed by atoms with Crippen LogP contribution in [0, 0.1) is 5.92 Å². The van der Waals surface area contributed by atoms with E-state index in [1.54, 1.807) is 0 Å². The number of piperazine rings is 1. The van der Waals surface area contributed by atoms with Crippen molar-refractivity contribution in [2.75, 3.05) is 52.4 Å². The molecule has 0 aromatic carbocycles. The molecule has 0 N–H and O–H groups in total. The molecule has 2 aliphatic rings. The first kappa shape index (κ1) is 13.3. The van der Waals surface area contributed by atoms with Crippen LogP contribution < -0.4 is 0 Å². The van der Waals surface area contributed by atoms with Crippen molar-refractivity contribution in [1.82, 2.24) is 14.7 Å². The molecule has 0 amide bonds. The average Bonchev–Trinajstić information content (AvgIpc) is 2.77. The van der Waals surface area contributed by atoms with Gasteiger partial charge in [0.25, 0.3) is 0 Å². The monoisotopic (exact) mass is 239 g/mol. The normalized spacial score (nSPS) is 29.3. The van der Waals surface area contributed by atoms with E-state index in [9.17, 15) is 0 Å². The second-order valence-corrected chi connectivity index (χ2v) is 6.07. The number of nitrogens with zero attached hydrogens (tertiary/aromatic N) is 3. The summed E-state index contributed by atoms with van der Waals surface area (Å²) < 4.78 is 0. The highest BCUT2D eigenvalue weighted by atomic mass is 15.3. The van der Waals surface area contributed by atoms with Crippen LogP contribution in [0.5, 0.6) is 0 Å². The van der Waals surface area contributed by atoms with Crippen molar-refractivity contribution in [2.45, 2.75) is 33.2 Å². The molecule has 17 heavy (non-hydrogen) atoms. The number of likely N-dealkylation sites (tertiary alicyclic amines) is 1. The van der Waals surface area contributed by atoms with Crippen LogP contribution in [0.2, 0.25) is 0 Å². The van der Waals surface area contributed by atoms with Gasteiger partial charge in [-0.3, -0.25) is 4.90 Å². The van der Waals surface area contributed by atoms with Gasteiger partial charge in [0.15, 0.2) is 0 Å². The topological polar surface area (TPSA) is 9.72 Å². The van der Waals surface area contributed by atoms with Gasteiger partial charge in [0, 0.05) is 45.3 Å². The Balaban J connectivity index is 1.73. The van der Waals surface area contributed by atoms with Crippen molar-refractivity contribution in [3.63, 3.8) is 0 Å². The summed E-state index contributed by atoms with van der Waals surface area (Å²) in [5.41, 5.74) is 0. The number of likely N-dealkylation sites (N-methyl/N-ethyl adjacent to an activating group) is 1. The molecule has 100 valence electrons. The van der Waals surface area contributed by atoms with E-state index in [0.29, 0.717) is 0 Å². The van der Waals surface area contributed by atoms with E-state index in [1.807, 2.05) is 0 Å². The lowest BCUT2D eigenvalue weighted by Gasteiger charge is -2.37. The summed E-state index contributed by atoms with van der Waals surface area (Å²) in [5, 5.41) is 0. The molecule has 0 saturated carbocycles. The van der Waals surface area contributed by atoms with Crippen LogP contribution in [-0.4, -0.2) is 73.1 Å². The zero-order chi connectivity index (χ0) is 12.3. The van der Waals surface area contributed by atoms with E-state index >= 15 is 0 Å². The van der Waals surface area contributed by atoms with Gasteiger partial charge >= 0.3 is 0 Å². The molecule has 2 saturated heterocycles. The first-order valence-electron chi connectivity index (χ1n) is 7.37. The minimum atomic E-state index is 0.811. The maximum absolute atomic E-state index is 2.73. The van der Waals surface area contributed by atoms with Crippen LogP contribution >= 0.6 is 0 Å². The highest BCUT2D eigenvalue weighted by molar-refractivity contribution is 4.86. The Morgan fingerprint density at radius 2 is 1.71 bits per heavy atom. The Morgan fingerprint density at radius 1 is 1.00 bits per heavy atom. The standard InChI is InChI=1S/C14H29N3/c1-4-15-7-9-17(10-8-15)14-5-6-16(12-14)11-13(2)3/h13-14H,4-12H2,1-3H3. The van der Waals surface area contributed by atoms with Crippen molar-refractivity contribution in [2.24, 2.45) is 5.92 Å². The van der Waals surface area contributed by atoms with Gasteiger partial charge in [-0.2, -0.15) is 0 Å². The molecular formula is C14H29N3. The maximum Gasteiger partial charge on any atom is 0.0236 e. The molecule has 2 heterocycles. The molecule has 0 aromatic rings. The number of hydrogen-bond acceptors (Lipinski definition) is 3. The van der Waals surface area contributed by atoms with Gasteiger partial charge in [-0.1, -0.05) is 20.8 Å². The van der Waals surface area contributed by atoms with Gasteiger partial charge in [-0.05, 0) is 25.4 Å². The first-order valence-corrected chi connectivity index (χ1v) is 7.37. The Morgan fingerprint density at radius 3 is 2.29 bits per heavy atom. The van der Waals surface area contributed by atoms with Crippen molar-refractivity contribution < 1.29 is 0 Å². The Bertz CT molecular complexity index is 222. The lowest BCUT2D eigenvalue weighted by atomic mass is 10.2. The molecule has 2 aliphatic heterocycles. The highest BCUT2D eigenvalue weighted by Gasteiger charge is 2.29. The largest absolute Gasteiger partial charge is 0.301 e. The summed E-state index contributed by atoms with van der Waals surface area (Å²) in [6, 6.07) is 0.841. The number of hydrogen-bond donors (Lipinski definition) is 0. The van der Waals surface area contributed by atoms with E-state index in [0.717, 1.165) is 12.0 Å². The van der Waals surface area contributed by atoms with Gasteiger partial charge in [0.05, 0.1) is 0 Å². The highest BCUT2D eigenvalue weighted by Crippen LogP contribution is 2.18. The molecule has 0 radical (unpaired) electrons. The predicted molar refractivity (Wildman–Crippen MR) is 73.4 cm³/mol. The minimum absolute atomic E-state index is 0.811. The lowest BCUT2D eigenvalue weighted by molar-refractivity contribution is 0.100. The molecule has 3 nitrogen and oxygen atoms in total. The summed E-state index contributed by atoms with van der Waals surface area (Å²) in [5.74, 6) is 0.811. The zero-order valence-corrected chi connectivity index (χ0v) is 11.9. The molecule has 1 unspecified atom stereocenters. The lowest BCUT2D eigenvalue weighted by Crippen LogP contribution is -2.50. The van der Waals surface area contributed by atoms with Crippen molar-refractivity contribution in [3.05, 3.63) is 0 Å². The van der Waals surface area contributed by atoms with Crippen molar-refractivity contribution in [3.8, 4) is 0 Å². The molecule has 0 aromatic heterocycles. The van der Waals surface area contributed by atoms with Gasteiger partial charge in [0.2, 0.25) is 0 Å². The summed E-state index contributed by atoms with van der Waals surface area (Å²) in [6.07, 6.45) is 1.39. The summed E-state index contributed by atoms with van der Waals surface area (Å²) in [7, 11) is 0. The van der Waals surface area contributed by atoms with E-state index in [1.165, 1.54) is 58.8 Å². The molecular weight excluding hydrogens is 210 g/mol. The van der Waals surface area contributed by atoms with Crippen molar-refractivity contribution >= 4 is 0 Å². The zero-order valence-electron chi connectivity index (χ0n) is 11.9. The second kappa shape index (κ2) is 6.17. The second-order valence-electron chi connectivity index (χ2n) is 6.07. The van der Waals surface area contributed by atoms with E-state index in [4.69, 9.17) is 0 Å². The van der Waals surface area contributed by atoms with E-state index in [-0.39, 0.29) is 0 Å². The van der Waals surface area contributed by atoms with Crippen LogP contribution in [0.1, 0.15) is 27.2 Å². The van der Waals surface area contributed by atoms with Crippen molar-refractivity contribution in [1.29, 1.82) is 0 Å². The molecule has 0 spiro atoms. The Kier molecular flexibility index (Phi) is 4.83. The predicted octanol–water partition coefficient (Wildman–Crippen LogP) is 1.35. The average molecular weight is 239 g/mol. The smallest absolute Gasteiger partial charge is 0.0236 e. The number of rotatable bonds is 4. The summed E-state index contributed by atoms with van der Waals surface area (Å²) in [4.78, 5) is 7.95. The Hall–Kier alpha value is -0.120. The van der Waals surface area contributed by atoms with E-state index in [2.05, 4.69) is 35.5 Å². The third-order valence-electron chi connectivity index (χ3n) is 4.24. The maximum atomic E-state index is 2.73. The SMILES string of the molecule is CCN1CCN(C2CCN(CC(C)C)C2)CC1. The molecule has 1 atom stereocenters. The van der Waals surface area contributed by atoms with E-state index < -0.39 is 0 Å². The van der Waals surface area contributed by atoms with Crippen LogP contribution in [0.15, 0.2) is 0 Å². The summed E-state index contributed by atoms with van der Waals surface area (Å²) in [6.45, 7) is 17.2. The molecule has 2 rings (SSSR count). The first-order chi connectivity index (χ1) is 8.19. The van der Waals surface area contributed by atoms with Gasteiger partial charge in [0.1, 0.15) is 0 Å². The van der Waals surface area contributed by atoms with Crippen LogP contribution in [-0.2, 0) is 0 Å². The molecule has 0 bridgehead atoms. The fourth-order valence-electron chi connectivity index (χ4n) is 3.24.